The zero-order chi connectivity index (χ0) is 10.8. The van der Waals surface area contributed by atoms with Crippen molar-refractivity contribution < 1.29 is 14.1 Å². The van der Waals surface area contributed by atoms with E-state index in [1.54, 1.807) is 0 Å². The predicted octanol–water partition coefficient (Wildman–Crippen LogP) is 1.51. The van der Waals surface area contributed by atoms with Crippen LogP contribution in [0.4, 0.5) is 10.1 Å². The summed E-state index contributed by atoms with van der Waals surface area (Å²) >= 11 is 0. The highest BCUT2D eigenvalue weighted by Gasteiger charge is 2.22. The monoisotopic (exact) mass is 210 g/mol. The quantitative estimate of drug-likeness (QED) is 0.549. The molecule has 0 unspecified atom stereocenters. The van der Waals surface area contributed by atoms with Crippen LogP contribution in [-0.2, 0) is 4.74 Å². The van der Waals surface area contributed by atoms with Crippen LogP contribution in [0.3, 0.4) is 0 Å². The molecule has 1 aliphatic rings. The Morgan fingerprint density at radius 3 is 2.93 bits per heavy atom. The molecule has 0 saturated heterocycles. The molecule has 6 heteroatoms. The number of nitro benzene ring substituents is 1. The second-order valence-electron chi connectivity index (χ2n) is 2.95. The lowest BCUT2D eigenvalue weighted by atomic mass is 10.2. The average molecular weight is 210 g/mol. The van der Waals surface area contributed by atoms with E-state index in [2.05, 4.69) is 4.99 Å². The summed E-state index contributed by atoms with van der Waals surface area (Å²) in [5, 5.41) is 10.7. The van der Waals surface area contributed by atoms with Gasteiger partial charge in [0.1, 0.15) is 18.0 Å². The molecule has 0 spiro atoms. The van der Waals surface area contributed by atoms with Gasteiger partial charge in [0.2, 0.25) is 5.90 Å². The normalized spacial score (nSPS) is 14.6. The van der Waals surface area contributed by atoms with Crippen LogP contribution in [0.2, 0.25) is 0 Å². The van der Waals surface area contributed by atoms with Gasteiger partial charge in [0.15, 0.2) is 0 Å². The number of hydrogen-bond acceptors (Lipinski definition) is 4. The summed E-state index contributed by atoms with van der Waals surface area (Å²) in [5.74, 6) is -0.407. The van der Waals surface area contributed by atoms with Crippen LogP contribution in [0.15, 0.2) is 23.2 Å². The van der Waals surface area contributed by atoms with Crippen molar-refractivity contribution in [3.05, 3.63) is 39.7 Å². The molecule has 0 atom stereocenters. The van der Waals surface area contributed by atoms with Crippen LogP contribution < -0.4 is 0 Å². The lowest BCUT2D eigenvalue weighted by Gasteiger charge is -2.02. The van der Waals surface area contributed by atoms with Crippen LogP contribution in [0, 0.1) is 15.9 Å². The van der Waals surface area contributed by atoms with Crippen molar-refractivity contribution in [3.8, 4) is 0 Å². The van der Waals surface area contributed by atoms with Gasteiger partial charge in [0.05, 0.1) is 11.5 Å². The van der Waals surface area contributed by atoms with Crippen LogP contribution >= 0.6 is 0 Å². The van der Waals surface area contributed by atoms with E-state index < -0.39 is 10.7 Å². The average Bonchev–Trinajstić information content (AvgIpc) is 2.69. The fraction of sp³-hybridized carbons (Fsp3) is 0.222. The molecule has 0 N–H and O–H groups in total. The Bertz CT molecular complexity index is 445. The van der Waals surface area contributed by atoms with Gasteiger partial charge in [-0.05, 0) is 12.1 Å². The molecule has 0 aliphatic carbocycles. The third kappa shape index (κ3) is 1.78. The summed E-state index contributed by atoms with van der Waals surface area (Å²) in [7, 11) is 0. The fourth-order valence-electron chi connectivity index (χ4n) is 1.34. The van der Waals surface area contributed by atoms with E-state index in [-0.39, 0.29) is 17.1 Å². The fourth-order valence-corrected chi connectivity index (χ4v) is 1.34. The smallest absolute Gasteiger partial charge is 0.282 e. The Hall–Kier alpha value is -1.98. The molecular formula is C9H7FN2O3. The van der Waals surface area contributed by atoms with Crippen LogP contribution in [0.5, 0.6) is 0 Å². The van der Waals surface area contributed by atoms with Gasteiger partial charge in [0.25, 0.3) is 5.69 Å². The van der Waals surface area contributed by atoms with Crippen molar-refractivity contribution >= 4 is 11.6 Å². The minimum atomic E-state index is -0.584. The van der Waals surface area contributed by atoms with E-state index in [0.29, 0.717) is 13.2 Å². The minimum absolute atomic E-state index is 0.0949. The van der Waals surface area contributed by atoms with Crippen molar-refractivity contribution in [2.45, 2.75) is 0 Å². The van der Waals surface area contributed by atoms with Crippen molar-refractivity contribution in [2.24, 2.45) is 4.99 Å². The lowest BCUT2D eigenvalue weighted by molar-refractivity contribution is -0.385. The van der Waals surface area contributed by atoms with E-state index in [4.69, 9.17) is 4.74 Å². The van der Waals surface area contributed by atoms with Gasteiger partial charge in [-0.1, -0.05) is 0 Å². The van der Waals surface area contributed by atoms with E-state index in [0.717, 1.165) is 18.2 Å². The number of benzene rings is 1. The Labute approximate surface area is 84.3 Å². The summed E-state index contributed by atoms with van der Waals surface area (Å²) in [6.07, 6.45) is 0. The molecule has 0 fully saturated rings. The number of nitro groups is 1. The Kier molecular flexibility index (Phi) is 2.32. The van der Waals surface area contributed by atoms with Gasteiger partial charge in [0, 0.05) is 6.07 Å². The second kappa shape index (κ2) is 3.64. The van der Waals surface area contributed by atoms with Gasteiger partial charge in [-0.3, -0.25) is 10.1 Å². The zero-order valence-electron chi connectivity index (χ0n) is 7.64. The molecule has 1 aromatic rings. The third-order valence-electron chi connectivity index (χ3n) is 1.97. The maximum atomic E-state index is 12.9. The molecule has 1 heterocycles. The highest BCUT2D eigenvalue weighted by atomic mass is 19.1. The molecule has 0 amide bonds. The zero-order valence-corrected chi connectivity index (χ0v) is 7.64. The maximum Gasteiger partial charge on any atom is 0.282 e. The molecule has 5 nitrogen and oxygen atoms in total. The summed E-state index contributed by atoms with van der Waals surface area (Å²) in [4.78, 5) is 14.0. The van der Waals surface area contributed by atoms with Crippen molar-refractivity contribution in [1.29, 1.82) is 0 Å². The molecule has 0 aromatic heterocycles. The van der Waals surface area contributed by atoms with Crippen LogP contribution in [0.1, 0.15) is 5.56 Å². The molecule has 0 bridgehead atoms. The standard InChI is InChI=1S/C9H7FN2O3/c10-6-1-2-8(12(13)14)7(5-6)9-11-3-4-15-9/h1-2,5H,3-4H2. The summed E-state index contributed by atoms with van der Waals surface area (Å²) in [5.41, 5.74) is -0.102. The van der Waals surface area contributed by atoms with Crippen molar-refractivity contribution in [1.82, 2.24) is 0 Å². The number of halogens is 1. The molecule has 2 rings (SSSR count). The van der Waals surface area contributed by atoms with Crippen molar-refractivity contribution in [2.75, 3.05) is 13.2 Å². The highest BCUT2D eigenvalue weighted by Crippen LogP contribution is 2.22. The largest absolute Gasteiger partial charge is 0.475 e. The van der Waals surface area contributed by atoms with Gasteiger partial charge >= 0.3 is 0 Å². The van der Waals surface area contributed by atoms with E-state index in [9.17, 15) is 14.5 Å². The van der Waals surface area contributed by atoms with Gasteiger partial charge < -0.3 is 4.74 Å². The highest BCUT2D eigenvalue weighted by molar-refractivity contribution is 5.98. The first-order valence-electron chi connectivity index (χ1n) is 4.30. The Morgan fingerprint density at radius 1 is 1.53 bits per heavy atom. The lowest BCUT2D eigenvalue weighted by Crippen LogP contribution is -2.05. The Balaban J connectivity index is 2.51. The predicted molar refractivity (Wildman–Crippen MR) is 50.4 cm³/mol. The van der Waals surface area contributed by atoms with Crippen molar-refractivity contribution in [3.63, 3.8) is 0 Å². The Morgan fingerprint density at radius 2 is 2.33 bits per heavy atom. The molecule has 1 aliphatic heterocycles. The summed E-state index contributed by atoms with van der Waals surface area (Å²) in [6, 6.07) is 3.20. The molecule has 1 aromatic carbocycles. The number of nitrogens with zero attached hydrogens (tertiary/aromatic N) is 2. The van der Waals surface area contributed by atoms with E-state index in [1.807, 2.05) is 0 Å². The second-order valence-corrected chi connectivity index (χ2v) is 2.95. The SMILES string of the molecule is O=[N+]([O-])c1ccc(F)cc1C1=NCCO1. The third-order valence-corrected chi connectivity index (χ3v) is 1.97. The van der Waals surface area contributed by atoms with E-state index >= 15 is 0 Å². The number of hydrogen-bond donors (Lipinski definition) is 0. The summed E-state index contributed by atoms with van der Waals surface area (Å²) in [6.45, 7) is 0.825. The molecule has 0 saturated carbocycles. The first-order chi connectivity index (χ1) is 7.18. The van der Waals surface area contributed by atoms with Gasteiger partial charge in [-0.25, -0.2) is 9.38 Å². The molecule has 78 valence electrons. The molecular weight excluding hydrogens is 203 g/mol. The number of rotatable bonds is 2. The number of ether oxygens (including phenoxy) is 1. The first kappa shape index (κ1) is 9.57. The van der Waals surface area contributed by atoms with Gasteiger partial charge in [-0.15, -0.1) is 0 Å². The van der Waals surface area contributed by atoms with Crippen LogP contribution in [-0.4, -0.2) is 24.0 Å². The summed E-state index contributed by atoms with van der Waals surface area (Å²) < 4.78 is 18.0. The first-order valence-corrected chi connectivity index (χ1v) is 4.30. The maximum absolute atomic E-state index is 12.9. The van der Waals surface area contributed by atoms with Gasteiger partial charge in [-0.2, -0.15) is 0 Å². The topological polar surface area (TPSA) is 64.7 Å². The van der Waals surface area contributed by atoms with E-state index in [1.165, 1.54) is 0 Å². The minimum Gasteiger partial charge on any atom is -0.475 e. The molecule has 15 heavy (non-hydrogen) atoms. The number of aliphatic imine (C=N–C) groups is 1. The van der Waals surface area contributed by atoms with Crippen LogP contribution in [0.25, 0.3) is 0 Å². The molecule has 0 radical (unpaired) electrons.